The molecule has 0 aliphatic carbocycles. The third-order valence-corrected chi connectivity index (χ3v) is 8.45. The summed E-state index contributed by atoms with van der Waals surface area (Å²) in [6.07, 6.45) is 3.45. The number of carbonyl (C=O) groups excluding carboxylic acids is 3. The van der Waals surface area contributed by atoms with Crippen LogP contribution in [-0.4, -0.2) is 95.6 Å². The Labute approximate surface area is 225 Å². The van der Waals surface area contributed by atoms with Crippen LogP contribution in [0.5, 0.6) is 5.75 Å². The van der Waals surface area contributed by atoms with Crippen LogP contribution < -0.4 is 9.64 Å². The molecular formula is C27H34BrN3O6. The predicted molar refractivity (Wildman–Crippen MR) is 142 cm³/mol. The van der Waals surface area contributed by atoms with Crippen molar-refractivity contribution in [3.8, 4) is 5.75 Å². The van der Waals surface area contributed by atoms with E-state index in [0.29, 0.717) is 30.8 Å². The highest BCUT2D eigenvalue weighted by atomic mass is 79.9. The normalized spacial score (nSPS) is 29.7. The van der Waals surface area contributed by atoms with Gasteiger partial charge >= 0.3 is 0 Å². The summed E-state index contributed by atoms with van der Waals surface area (Å²) in [6, 6.07) is 6.13. The summed E-state index contributed by atoms with van der Waals surface area (Å²) in [5.41, 5.74) is -0.537. The van der Waals surface area contributed by atoms with Crippen molar-refractivity contribution in [3.63, 3.8) is 0 Å². The van der Waals surface area contributed by atoms with E-state index in [0.717, 1.165) is 0 Å². The zero-order chi connectivity index (χ0) is 26.9. The van der Waals surface area contributed by atoms with E-state index in [4.69, 9.17) is 9.47 Å². The molecule has 3 aliphatic heterocycles. The predicted octanol–water partition coefficient (Wildman–Crippen LogP) is 1.99. The molecule has 0 aromatic heterocycles. The van der Waals surface area contributed by atoms with Gasteiger partial charge in [0.1, 0.15) is 17.4 Å². The SMILES string of the molecule is C=CCN(C)C(=O)[C@H]1[C@@H]2OC3(CC2Br)C(C(=O)N(CC=C)c2ccc(OC)cc2)N(CCCO)C(=O)[C@H]13. The van der Waals surface area contributed by atoms with E-state index in [9.17, 15) is 19.5 Å². The average Bonchev–Trinajstić information content (AvgIpc) is 3.48. The van der Waals surface area contributed by atoms with Gasteiger partial charge < -0.3 is 29.3 Å². The summed E-state index contributed by atoms with van der Waals surface area (Å²) >= 11 is 3.68. The molecule has 3 fully saturated rings. The number of aliphatic hydroxyl groups is 1. The second-order valence-corrected chi connectivity index (χ2v) is 10.9. The molecule has 0 saturated carbocycles. The first-order valence-corrected chi connectivity index (χ1v) is 13.3. The molecule has 3 amide bonds. The number of methoxy groups -OCH3 is 1. The lowest BCUT2D eigenvalue weighted by Crippen LogP contribution is -2.57. The molecule has 3 saturated heterocycles. The summed E-state index contributed by atoms with van der Waals surface area (Å²) in [7, 11) is 3.24. The topological polar surface area (TPSA) is 99.6 Å². The molecule has 1 aromatic carbocycles. The van der Waals surface area contributed by atoms with Crippen LogP contribution in [0.4, 0.5) is 5.69 Å². The summed E-state index contributed by atoms with van der Waals surface area (Å²) < 4.78 is 11.8. The number of ether oxygens (including phenoxy) is 2. The lowest BCUT2D eigenvalue weighted by atomic mass is 9.70. The van der Waals surface area contributed by atoms with E-state index >= 15 is 0 Å². The van der Waals surface area contributed by atoms with Crippen LogP contribution >= 0.6 is 15.9 Å². The average molecular weight is 576 g/mol. The van der Waals surface area contributed by atoms with E-state index in [1.807, 2.05) is 0 Å². The summed E-state index contributed by atoms with van der Waals surface area (Å²) in [5, 5.41) is 9.54. The van der Waals surface area contributed by atoms with Crippen molar-refractivity contribution >= 4 is 39.3 Å². The van der Waals surface area contributed by atoms with Gasteiger partial charge in [-0.1, -0.05) is 28.1 Å². The number of halogens is 1. The Morgan fingerprint density at radius 2 is 1.92 bits per heavy atom. The molecule has 200 valence electrons. The van der Waals surface area contributed by atoms with E-state index < -0.39 is 29.6 Å². The van der Waals surface area contributed by atoms with Gasteiger partial charge in [0.2, 0.25) is 11.8 Å². The number of alkyl halides is 1. The zero-order valence-corrected chi connectivity index (χ0v) is 22.8. The number of likely N-dealkylation sites (N-methyl/N-ethyl adjacent to an activating group) is 1. The van der Waals surface area contributed by atoms with Gasteiger partial charge in [0.25, 0.3) is 5.91 Å². The van der Waals surface area contributed by atoms with Gasteiger partial charge in [0.05, 0.1) is 25.0 Å². The molecule has 4 rings (SSSR count). The maximum Gasteiger partial charge on any atom is 0.253 e. The fraction of sp³-hybridized carbons (Fsp3) is 0.519. The van der Waals surface area contributed by atoms with E-state index in [-0.39, 0.29) is 42.2 Å². The zero-order valence-electron chi connectivity index (χ0n) is 21.2. The summed E-state index contributed by atoms with van der Waals surface area (Å²) in [4.78, 5) is 46.2. The van der Waals surface area contributed by atoms with Gasteiger partial charge in [0.15, 0.2) is 0 Å². The minimum atomic E-state index is -1.16. The smallest absolute Gasteiger partial charge is 0.253 e. The van der Waals surface area contributed by atoms with Crippen LogP contribution in [0.25, 0.3) is 0 Å². The van der Waals surface area contributed by atoms with Crippen LogP contribution in [0.2, 0.25) is 0 Å². The molecule has 37 heavy (non-hydrogen) atoms. The van der Waals surface area contributed by atoms with Gasteiger partial charge in [-0.25, -0.2) is 0 Å². The van der Waals surface area contributed by atoms with Crippen molar-refractivity contribution in [2.45, 2.75) is 35.4 Å². The number of nitrogens with zero attached hydrogens (tertiary/aromatic N) is 3. The maximum absolute atomic E-state index is 14.3. The Hall–Kier alpha value is -2.69. The highest BCUT2D eigenvalue weighted by molar-refractivity contribution is 9.09. The fourth-order valence-corrected chi connectivity index (χ4v) is 7.01. The number of aliphatic hydroxyl groups excluding tert-OH is 1. The largest absolute Gasteiger partial charge is 0.497 e. The molecular weight excluding hydrogens is 542 g/mol. The molecule has 3 unspecified atom stereocenters. The summed E-state index contributed by atoms with van der Waals surface area (Å²) in [5.74, 6) is -1.67. The first-order valence-electron chi connectivity index (χ1n) is 12.4. The van der Waals surface area contributed by atoms with Crippen LogP contribution in [0.1, 0.15) is 12.8 Å². The molecule has 3 heterocycles. The lowest BCUT2D eigenvalue weighted by molar-refractivity contribution is -0.144. The van der Waals surface area contributed by atoms with Gasteiger partial charge in [-0.3, -0.25) is 14.4 Å². The van der Waals surface area contributed by atoms with Crippen molar-refractivity contribution in [2.24, 2.45) is 11.8 Å². The quantitative estimate of drug-likeness (QED) is 0.320. The number of rotatable bonds is 11. The van der Waals surface area contributed by atoms with Crippen molar-refractivity contribution in [2.75, 3.05) is 45.3 Å². The number of fused-ring (bicyclic) bond motifs is 1. The first kappa shape index (κ1) is 27.3. The highest BCUT2D eigenvalue weighted by Crippen LogP contribution is 2.60. The molecule has 3 aliphatic rings. The Kier molecular flexibility index (Phi) is 8.11. The molecule has 10 heteroatoms. The van der Waals surface area contributed by atoms with Crippen molar-refractivity contribution < 1.29 is 29.0 Å². The van der Waals surface area contributed by atoms with Gasteiger partial charge in [-0.2, -0.15) is 0 Å². The van der Waals surface area contributed by atoms with Crippen LogP contribution in [-0.2, 0) is 19.1 Å². The lowest BCUT2D eigenvalue weighted by Gasteiger charge is -2.37. The van der Waals surface area contributed by atoms with Crippen LogP contribution in [0, 0.1) is 11.8 Å². The monoisotopic (exact) mass is 575 g/mol. The molecule has 1 N–H and O–H groups in total. The minimum absolute atomic E-state index is 0.133. The number of hydrogen-bond donors (Lipinski definition) is 1. The van der Waals surface area contributed by atoms with Crippen molar-refractivity contribution in [3.05, 3.63) is 49.6 Å². The van der Waals surface area contributed by atoms with E-state index in [1.54, 1.807) is 55.5 Å². The Morgan fingerprint density at radius 1 is 1.24 bits per heavy atom. The Morgan fingerprint density at radius 3 is 2.51 bits per heavy atom. The highest BCUT2D eigenvalue weighted by Gasteiger charge is 2.76. The molecule has 2 bridgehead atoms. The maximum atomic E-state index is 14.3. The number of benzene rings is 1. The Balaban J connectivity index is 1.77. The van der Waals surface area contributed by atoms with E-state index in [1.165, 1.54) is 9.80 Å². The van der Waals surface area contributed by atoms with Crippen molar-refractivity contribution in [1.82, 2.24) is 9.80 Å². The third kappa shape index (κ3) is 4.49. The Bertz CT molecular complexity index is 1060. The number of anilines is 1. The first-order chi connectivity index (χ1) is 17.7. The van der Waals surface area contributed by atoms with Crippen LogP contribution in [0.3, 0.4) is 0 Å². The molecule has 6 atom stereocenters. The fourth-order valence-electron chi connectivity index (χ4n) is 6.07. The van der Waals surface area contributed by atoms with Gasteiger partial charge in [-0.15, -0.1) is 13.2 Å². The molecule has 1 spiro atoms. The molecule has 0 radical (unpaired) electrons. The molecule has 1 aromatic rings. The second kappa shape index (κ2) is 11.0. The van der Waals surface area contributed by atoms with Crippen molar-refractivity contribution in [1.29, 1.82) is 0 Å². The number of amides is 3. The number of hydrogen-bond acceptors (Lipinski definition) is 6. The van der Waals surface area contributed by atoms with Crippen LogP contribution in [0.15, 0.2) is 49.6 Å². The summed E-state index contributed by atoms with van der Waals surface area (Å²) in [6.45, 7) is 8.13. The van der Waals surface area contributed by atoms with E-state index in [2.05, 4.69) is 29.1 Å². The second-order valence-electron chi connectivity index (χ2n) is 9.72. The standard InChI is InChI=1S/C27H34BrN3O6/c1-5-12-29(3)24(33)20-21-25(34)31(14-7-15-32)23(27(21)16-19(28)22(20)37-27)26(35)30(13-6-2)17-8-10-18(36-4)11-9-17/h5-6,8-11,19-23,32H,1-2,7,12-16H2,3-4H3/t19?,20-,21+,22-,23?,27?/m1/s1. The van der Waals surface area contributed by atoms with Gasteiger partial charge in [-0.05, 0) is 37.1 Å². The minimum Gasteiger partial charge on any atom is -0.497 e. The third-order valence-electron chi connectivity index (χ3n) is 7.61. The van der Waals surface area contributed by atoms with Gasteiger partial charge in [0, 0.05) is 43.8 Å². The molecule has 9 nitrogen and oxygen atoms in total. The number of carbonyl (C=O) groups is 3. The number of likely N-dealkylation sites (tertiary alicyclic amines) is 1.